The summed E-state index contributed by atoms with van der Waals surface area (Å²) in [4.78, 5) is 3.73. The number of hydrogen-bond acceptors (Lipinski definition) is 9. The maximum Gasteiger partial charge on any atom is 0.165 e. The van der Waals surface area contributed by atoms with Crippen molar-refractivity contribution in [1.29, 1.82) is 0 Å². The average molecular weight is 470 g/mol. The van der Waals surface area contributed by atoms with Gasteiger partial charge in [-0.15, -0.1) is 0 Å². The van der Waals surface area contributed by atoms with Gasteiger partial charge in [-0.3, -0.25) is 9.88 Å². The van der Waals surface area contributed by atoms with Gasteiger partial charge in [0.1, 0.15) is 0 Å². The number of nitrogens with zero attached hydrogens (tertiary/aromatic N) is 6. The van der Waals surface area contributed by atoms with Gasteiger partial charge in [0.15, 0.2) is 49.2 Å². The van der Waals surface area contributed by atoms with Crippen LogP contribution < -0.4 is 14.9 Å². The molecule has 2 saturated heterocycles. The molecule has 9 nitrogen and oxygen atoms in total. The van der Waals surface area contributed by atoms with E-state index in [0.717, 1.165) is 37.1 Å². The van der Waals surface area contributed by atoms with E-state index in [9.17, 15) is 0 Å². The molecule has 2 fully saturated rings. The molecule has 0 amide bonds. The third-order valence-electron chi connectivity index (χ3n) is 4.44. The highest BCUT2D eigenvalue weighted by Crippen LogP contribution is 1.95. The molecule has 3 N–H and O–H groups in total. The second kappa shape index (κ2) is 12.6. The first-order chi connectivity index (χ1) is 12.0. The standard InChI is InChI=1S/C9H39N9Si7/c1-13(19)9-14(2)24-18-21-11-8-17(25-18)7-10-6-16-4-5-20-15(3)22-12-23-16/h10-12H,4-9,20-25H2,1-3,19H3. The van der Waals surface area contributed by atoms with Gasteiger partial charge < -0.3 is 31.5 Å². The molecule has 0 atom stereocenters. The van der Waals surface area contributed by atoms with E-state index in [1.807, 2.05) is 0 Å². The van der Waals surface area contributed by atoms with Crippen molar-refractivity contribution in [1.82, 2.24) is 41.3 Å². The third kappa shape index (κ3) is 9.77. The normalized spacial score (nSPS) is 28.7. The Morgan fingerprint density at radius 3 is 2.80 bits per heavy atom. The fraction of sp³-hybridized carbons (Fsp3) is 1.00. The Kier molecular flexibility index (Phi) is 11.3. The molecule has 0 aliphatic carbocycles. The van der Waals surface area contributed by atoms with Crippen LogP contribution in [0.4, 0.5) is 0 Å². The summed E-state index contributed by atoms with van der Waals surface area (Å²) in [7, 11) is 7.17. The largest absolute Gasteiger partial charge is 0.347 e. The van der Waals surface area contributed by atoms with E-state index < -0.39 is 0 Å². The Labute approximate surface area is 170 Å². The molecule has 0 bridgehead atoms. The van der Waals surface area contributed by atoms with Gasteiger partial charge in [-0.2, -0.15) is 0 Å². The molecule has 2 aliphatic heterocycles. The minimum absolute atomic E-state index is 0.0441. The quantitative estimate of drug-likeness (QED) is 0.238. The summed E-state index contributed by atoms with van der Waals surface area (Å²) in [6, 6.07) is 1.46. The number of rotatable bonds is 8. The lowest BCUT2D eigenvalue weighted by Gasteiger charge is -2.38. The summed E-state index contributed by atoms with van der Waals surface area (Å²) in [6.07, 6.45) is 0. The minimum atomic E-state index is -0.216. The number of nitrogens with one attached hydrogen (secondary N) is 3. The van der Waals surface area contributed by atoms with Crippen molar-refractivity contribution in [2.45, 2.75) is 6.04 Å². The fourth-order valence-electron chi connectivity index (χ4n) is 3.44. The summed E-state index contributed by atoms with van der Waals surface area (Å²) in [5.74, 6) is 0. The molecule has 0 spiro atoms. The monoisotopic (exact) mass is 469 g/mol. The second-order valence-corrected chi connectivity index (χ2v) is 25.7. The molecule has 0 aromatic heterocycles. The van der Waals surface area contributed by atoms with Crippen LogP contribution in [0.3, 0.4) is 0 Å². The van der Waals surface area contributed by atoms with Crippen LogP contribution in [0, 0.1) is 0 Å². The minimum Gasteiger partial charge on any atom is -0.347 e. The Hall–Kier alpha value is 1.16. The van der Waals surface area contributed by atoms with Crippen LogP contribution in [0.1, 0.15) is 0 Å². The highest BCUT2D eigenvalue weighted by molar-refractivity contribution is 6.63. The first-order valence-corrected chi connectivity index (χ1v) is 18.4. The van der Waals surface area contributed by atoms with E-state index in [1.54, 1.807) is 0 Å². The molecule has 148 valence electrons. The first kappa shape index (κ1) is 22.4. The van der Waals surface area contributed by atoms with Crippen LogP contribution in [-0.4, -0.2) is 150 Å². The average Bonchev–Trinajstić information content (AvgIpc) is 2.51. The molecule has 25 heavy (non-hydrogen) atoms. The van der Waals surface area contributed by atoms with Crippen molar-refractivity contribution >= 4 is 69.3 Å². The van der Waals surface area contributed by atoms with Crippen LogP contribution in [0.15, 0.2) is 0 Å². The van der Waals surface area contributed by atoms with E-state index in [0.29, 0.717) is 0 Å². The molecule has 0 unspecified atom stereocenters. The van der Waals surface area contributed by atoms with E-state index in [4.69, 9.17) is 0 Å². The summed E-state index contributed by atoms with van der Waals surface area (Å²) in [5.41, 5.74) is 0. The Morgan fingerprint density at radius 1 is 1.20 bits per heavy atom. The van der Waals surface area contributed by atoms with E-state index in [-0.39, 0.29) is 58.9 Å². The molecule has 0 aromatic rings. The van der Waals surface area contributed by atoms with Gasteiger partial charge in [0.25, 0.3) is 0 Å². The smallest absolute Gasteiger partial charge is 0.165 e. The Bertz CT molecular complexity index is 360. The van der Waals surface area contributed by atoms with Crippen molar-refractivity contribution in [3.8, 4) is 0 Å². The van der Waals surface area contributed by atoms with Gasteiger partial charge >= 0.3 is 0 Å². The summed E-state index contributed by atoms with van der Waals surface area (Å²) in [5, 5.41) is 3.74. The first-order valence-electron chi connectivity index (χ1n) is 9.34. The van der Waals surface area contributed by atoms with Crippen molar-refractivity contribution in [2.75, 3.05) is 54.4 Å². The van der Waals surface area contributed by atoms with Gasteiger partial charge in [0, 0.05) is 26.7 Å². The molecule has 0 saturated carbocycles. The zero-order valence-corrected chi connectivity index (χ0v) is 27.2. The lowest BCUT2D eigenvalue weighted by molar-refractivity contribution is 0.325. The molecule has 2 heterocycles. The van der Waals surface area contributed by atoms with Crippen LogP contribution in [-0.2, 0) is 0 Å². The second-order valence-electron chi connectivity index (χ2n) is 7.73. The molecular weight excluding hydrogens is 431 g/mol. The zero-order valence-electron chi connectivity index (χ0n) is 16.7. The predicted molar refractivity (Wildman–Crippen MR) is 129 cm³/mol. The SMILES string of the molecule is CN([SiH3])CN(C)[SiH2]N1[SiH2]NCN(CNCN2CC[SiH2]N(C)[SiH2]N[SiH2]2)[SiH2]1. The third-order valence-corrected chi connectivity index (χ3v) is 18.0. The Morgan fingerprint density at radius 2 is 2.00 bits per heavy atom. The van der Waals surface area contributed by atoms with E-state index >= 15 is 0 Å². The summed E-state index contributed by atoms with van der Waals surface area (Å²) < 4.78 is 19.7. The highest BCUT2D eigenvalue weighted by atomic mass is 28.4. The highest BCUT2D eigenvalue weighted by Gasteiger charge is 2.19. The Balaban J connectivity index is 1.61. The van der Waals surface area contributed by atoms with Gasteiger partial charge in [-0.25, -0.2) is 0 Å². The molecule has 2 rings (SSSR count). The lowest BCUT2D eigenvalue weighted by atomic mass is 10.7. The van der Waals surface area contributed by atoms with Gasteiger partial charge in [0.2, 0.25) is 0 Å². The molecule has 0 aromatic carbocycles. The van der Waals surface area contributed by atoms with Crippen LogP contribution >= 0.6 is 0 Å². The fourth-order valence-corrected chi connectivity index (χ4v) is 21.6. The van der Waals surface area contributed by atoms with Crippen LogP contribution in [0.5, 0.6) is 0 Å². The molecular formula is C9H39N9Si7. The lowest BCUT2D eigenvalue weighted by Crippen LogP contribution is -2.63. The molecule has 16 heteroatoms. The van der Waals surface area contributed by atoms with Gasteiger partial charge in [-0.1, -0.05) is 0 Å². The van der Waals surface area contributed by atoms with Gasteiger partial charge in [-0.05, 0) is 33.7 Å². The van der Waals surface area contributed by atoms with Crippen LogP contribution in [0.2, 0.25) is 6.04 Å². The van der Waals surface area contributed by atoms with Crippen LogP contribution in [0.25, 0.3) is 0 Å². The maximum absolute atomic E-state index is 3.82. The molecule has 2 aliphatic rings. The van der Waals surface area contributed by atoms with E-state index in [1.165, 1.54) is 12.6 Å². The summed E-state index contributed by atoms with van der Waals surface area (Å²) >= 11 is 0. The predicted octanol–water partition coefficient (Wildman–Crippen LogP) is -8.91. The van der Waals surface area contributed by atoms with Crippen molar-refractivity contribution in [3.05, 3.63) is 0 Å². The van der Waals surface area contributed by atoms with Gasteiger partial charge in [0.05, 0.1) is 20.1 Å². The number of hydrogen-bond donors (Lipinski definition) is 3. The summed E-state index contributed by atoms with van der Waals surface area (Å²) in [6.45, 7) is 5.77. The molecule has 0 radical (unpaired) electrons. The maximum atomic E-state index is 3.82. The van der Waals surface area contributed by atoms with Crippen molar-refractivity contribution < 1.29 is 0 Å². The van der Waals surface area contributed by atoms with E-state index in [2.05, 4.69) is 62.5 Å². The zero-order chi connectivity index (χ0) is 18.1. The van der Waals surface area contributed by atoms with Crippen molar-refractivity contribution in [3.63, 3.8) is 0 Å². The van der Waals surface area contributed by atoms with Crippen molar-refractivity contribution in [2.24, 2.45) is 0 Å². The topological polar surface area (TPSA) is 55.5 Å².